The predicted octanol–water partition coefficient (Wildman–Crippen LogP) is 4.05. The van der Waals surface area contributed by atoms with Gasteiger partial charge in [0.25, 0.3) is 0 Å². The minimum absolute atomic E-state index is 0.337. The van der Waals surface area contributed by atoms with Crippen LogP contribution >= 0.6 is 23.2 Å². The maximum absolute atomic E-state index is 9.05. The second kappa shape index (κ2) is 5.84. The van der Waals surface area contributed by atoms with Crippen molar-refractivity contribution in [2.75, 3.05) is 0 Å². The standard InChI is InChI=1S/C15H10Cl2N4O/c1-9(22-14-3-2-11(16)6-12(14)17)13-4-5-19-15-10(7-18)8-20-21(13)15/h2-6,8-9H,1H3/t9-/m0/s1. The zero-order chi connectivity index (χ0) is 15.7. The van der Waals surface area contributed by atoms with E-state index in [1.54, 1.807) is 35.0 Å². The molecule has 3 rings (SSSR count). The van der Waals surface area contributed by atoms with Gasteiger partial charge in [0.15, 0.2) is 5.65 Å². The Labute approximate surface area is 136 Å². The van der Waals surface area contributed by atoms with Gasteiger partial charge in [-0.25, -0.2) is 9.50 Å². The number of aromatic nitrogens is 3. The van der Waals surface area contributed by atoms with Crippen LogP contribution in [-0.4, -0.2) is 14.6 Å². The van der Waals surface area contributed by atoms with Crippen molar-refractivity contribution in [3.63, 3.8) is 0 Å². The first kappa shape index (κ1) is 14.6. The Hall–Kier alpha value is -2.29. The summed E-state index contributed by atoms with van der Waals surface area (Å²) in [5.41, 5.74) is 1.67. The van der Waals surface area contributed by atoms with Crippen molar-refractivity contribution in [1.29, 1.82) is 5.26 Å². The summed E-state index contributed by atoms with van der Waals surface area (Å²) in [5.74, 6) is 0.524. The van der Waals surface area contributed by atoms with E-state index in [-0.39, 0.29) is 6.10 Å². The van der Waals surface area contributed by atoms with Crippen molar-refractivity contribution in [1.82, 2.24) is 14.6 Å². The van der Waals surface area contributed by atoms with E-state index >= 15 is 0 Å². The van der Waals surface area contributed by atoms with E-state index in [0.29, 0.717) is 27.0 Å². The van der Waals surface area contributed by atoms with Crippen LogP contribution in [0.4, 0.5) is 0 Å². The molecule has 22 heavy (non-hydrogen) atoms. The highest BCUT2D eigenvalue weighted by atomic mass is 35.5. The summed E-state index contributed by atoms with van der Waals surface area (Å²) < 4.78 is 7.47. The number of hydrogen-bond acceptors (Lipinski definition) is 4. The highest BCUT2D eigenvalue weighted by Gasteiger charge is 2.16. The van der Waals surface area contributed by atoms with Crippen LogP contribution in [0, 0.1) is 11.3 Å². The minimum atomic E-state index is -0.337. The van der Waals surface area contributed by atoms with Crippen molar-refractivity contribution >= 4 is 28.8 Å². The number of nitrogens with zero attached hydrogens (tertiary/aromatic N) is 4. The van der Waals surface area contributed by atoms with Crippen LogP contribution in [0.2, 0.25) is 10.0 Å². The van der Waals surface area contributed by atoms with Crippen molar-refractivity contribution in [3.05, 3.63) is 58.0 Å². The molecular formula is C15H10Cl2N4O. The van der Waals surface area contributed by atoms with Crippen LogP contribution in [0.25, 0.3) is 5.65 Å². The molecule has 2 aromatic heterocycles. The molecule has 0 amide bonds. The number of halogens is 2. The second-order valence-electron chi connectivity index (χ2n) is 4.61. The molecule has 0 aliphatic carbocycles. The van der Waals surface area contributed by atoms with E-state index < -0.39 is 0 Å². The predicted molar refractivity (Wildman–Crippen MR) is 83.2 cm³/mol. The van der Waals surface area contributed by atoms with Crippen LogP contribution in [0.1, 0.15) is 24.3 Å². The average Bonchev–Trinajstić information content (AvgIpc) is 2.93. The molecule has 1 atom stereocenters. The Bertz CT molecular complexity index is 885. The van der Waals surface area contributed by atoms with Gasteiger partial charge in [0.1, 0.15) is 23.5 Å². The molecule has 2 heterocycles. The number of nitriles is 1. The summed E-state index contributed by atoms with van der Waals surface area (Å²) in [7, 11) is 0. The third kappa shape index (κ3) is 2.59. The molecule has 7 heteroatoms. The highest BCUT2D eigenvalue weighted by molar-refractivity contribution is 6.35. The van der Waals surface area contributed by atoms with Gasteiger partial charge in [0.2, 0.25) is 0 Å². The second-order valence-corrected chi connectivity index (χ2v) is 5.45. The minimum Gasteiger partial charge on any atom is -0.483 e. The maximum atomic E-state index is 9.05. The molecule has 0 saturated carbocycles. The van der Waals surface area contributed by atoms with Gasteiger partial charge in [-0.2, -0.15) is 10.4 Å². The third-order valence-electron chi connectivity index (χ3n) is 3.17. The molecule has 0 bridgehead atoms. The SMILES string of the molecule is C[C@H](Oc1ccc(Cl)cc1Cl)c1ccnc2c(C#N)cnn12. The lowest BCUT2D eigenvalue weighted by molar-refractivity contribution is 0.219. The lowest BCUT2D eigenvalue weighted by Crippen LogP contribution is -2.10. The number of benzene rings is 1. The van der Waals surface area contributed by atoms with E-state index in [1.165, 1.54) is 6.20 Å². The summed E-state index contributed by atoms with van der Waals surface area (Å²) in [4.78, 5) is 4.17. The monoisotopic (exact) mass is 332 g/mol. The van der Waals surface area contributed by atoms with Crippen molar-refractivity contribution < 1.29 is 4.74 Å². The van der Waals surface area contributed by atoms with E-state index in [0.717, 1.165) is 5.69 Å². The molecule has 0 radical (unpaired) electrons. The summed E-state index contributed by atoms with van der Waals surface area (Å²) in [6.07, 6.45) is 2.76. The van der Waals surface area contributed by atoms with Crippen molar-refractivity contribution in [3.8, 4) is 11.8 Å². The quantitative estimate of drug-likeness (QED) is 0.725. The molecule has 0 unspecified atom stereocenters. The van der Waals surface area contributed by atoms with Gasteiger partial charge in [-0.1, -0.05) is 23.2 Å². The molecule has 1 aromatic carbocycles. The Kier molecular flexibility index (Phi) is 3.88. The van der Waals surface area contributed by atoms with Gasteiger partial charge in [-0.05, 0) is 31.2 Å². The van der Waals surface area contributed by atoms with Crippen molar-refractivity contribution in [2.45, 2.75) is 13.0 Å². The highest BCUT2D eigenvalue weighted by Crippen LogP contribution is 2.31. The zero-order valence-corrected chi connectivity index (χ0v) is 13.0. The lowest BCUT2D eigenvalue weighted by Gasteiger charge is -2.16. The molecule has 0 N–H and O–H groups in total. The smallest absolute Gasteiger partial charge is 0.173 e. The van der Waals surface area contributed by atoms with Crippen LogP contribution in [0.5, 0.6) is 5.75 Å². The first-order valence-corrected chi connectivity index (χ1v) is 7.20. The fourth-order valence-electron chi connectivity index (χ4n) is 2.12. The number of hydrogen-bond donors (Lipinski definition) is 0. The Balaban J connectivity index is 1.97. The fourth-order valence-corrected chi connectivity index (χ4v) is 2.57. The largest absolute Gasteiger partial charge is 0.483 e. The van der Waals surface area contributed by atoms with Crippen LogP contribution in [0.3, 0.4) is 0 Å². The molecule has 0 fully saturated rings. The first-order chi connectivity index (χ1) is 10.6. The van der Waals surface area contributed by atoms with E-state index in [9.17, 15) is 0 Å². The molecule has 0 aliphatic rings. The number of rotatable bonds is 3. The lowest BCUT2D eigenvalue weighted by atomic mass is 10.2. The number of ether oxygens (including phenoxy) is 1. The maximum Gasteiger partial charge on any atom is 0.173 e. The van der Waals surface area contributed by atoms with Gasteiger partial charge in [0, 0.05) is 11.2 Å². The van der Waals surface area contributed by atoms with E-state index in [4.69, 9.17) is 33.2 Å². The number of fused-ring (bicyclic) bond motifs is 1. The summed E-state index contributed by atoms with van der Waals surface area (Å²) >= 11 is 12.0. The summed E-state index contributed by atoms with van der Waals surface area (Å²) in [6.45, 7) is 1.87. The zero-order valence-electron chi connectivity index (χ0n) is 11.5. The van der Waals surface area contributed by atoms with Crippen LogP contribution in [0.15, 0.2) is 36.7 Å². The van der Waals surface area contributed by atoms with Crippen molar-refractivity contribution in [2.24, 2.45) is 0 Å². The average molecular weight is 333 g/mol. The Morgan fingerprint density at radius 3 is 2.86 bits per heavy atom. The van der Waals surface area contributed by atoms with E-state index in [1.807, 2.05) is 6.92 Å². The third-order valence-corrected chi connectivity index (χ3v) is 3.70. The van der Waals surface area contributed by atoms with Gasteiger partial charge in [0.05, 0.1) is 16.9 Å². The van der Waals surface area contributed by atoms with E-state index in [2.05, 4.69) is 16.2 Å². The van der Waals surface area contributed by atoms with Gasteiger partial charge < -0.3 is 4.74 Å². The Morgan fingerprint density at radius 1 is 1.32 bits per heavy atom. The van der Waals surface area contributed by atoms with Crippen LogP contribution in [-0.2, 0) is 0 Å². The molecule has 5 nitrogen and oxygen atoms in total. The Morgan fingerprint density at radius 2 is 2.14 bits per heavy atom. The van der Waals surface area contributed by atoms with Crippen LogP contribution < -0.4 is 4.74 Å². The first-order valence-electron chi connectivity index (χ1n) is 6.44. The molecule has 0 spiro atoms. The summed E-state index contributed by atoms with van der Waals surface area (Å²) in [6, 6.07) is 8.89. The normalized spacial score (nSPS) is 12.1. The fraction of sp³-hybridized carbons (Fsp3) is 0.133. The summed E-state index contributed by atoms with van der Waals surface area (Å²) in [5, 5.41) is 14.2. The molecule has 110 valence electrons. The molecule has 0 aliphatic heterocycles. The van der Waals surface area contributed by atoms with Gasteiger partial charge >= 0.3 is 0 Å². The van der Waals surface area contributed by atoms with Gasteiger partial charge in [-0.15, -0.1) is 0 Å². The molecule has 3 aromatic rings. The molecular weight excluding hydrogens is 323 g/mol. The van der Waals surface area contributed by atoms with Gasteiger partial charge in [-0.3, -0.25) is 0 Å². The topological polar surface area (TPSA) is 63.2 Å². The molecule has 0 saturated heterocycles.